The minimum atomic E-state index is -1.98. The van der Waals surface area contributed by atoms with Gasteiger partial charge in [-0.05, 0) is 32.1 Å². The first kappa shape index (κ1) is 91.5. The highest BCUT2D eigenvalue weighted by Gasteiger charge is 2.54. The third-order valence-electron chi connectivity index (χ3n) is 20.8. The summed E-state index contributed by atoms with van der Waals surface area (Å²) >= 11 is 0. The topological polar surface area (TPSA) is 307 Å². The van der Waals surface area contributed by atoms with E-state index in [2.05, 4.69) is 31.3 Å². The van der Waals surface area contributed by atoms with Crippen LogP contribution in [0.5, 0.6) is 0 Å². The molecule has 3 rings (SSSR count). The Bertz CT molecular complexity index is 1880. The molecule has 0 aromatic carbocycles. The Labute approximate surface area is 600 Å². The predicted molar refractivity (Wildman–Crippen MR) is 393 cm³/mol. The normalized spacial score (nSPS) is 26.7. The van der Waals surface area contributed by atoms with E-state index in [9.17, 15) is 61.0 Å². The van der Waals surface area contributed by atoms with Crippen LogP contribution in [-0.4, -0.2) is 193 Å². The average Bonchev–Trinajstić information content (AvgIpc) is 0.784. The number of aliphatic hydroxyl groups is 11. The number of allylic oxidation sites excluding steroid dienone is 3. The van der Waals surface area contributed by atoms with E-state index >= 15 is 0 Å². The van der Waals surface area contributed by atoms with Crippen molar-refractivity contribution in [2.45, 2.75) is 452 Å². The van der Waals surface area contributed by atoms with Crippen LogP contribution in [-0.2, 0) is 33.2 Å². The molecular weight excluding hydrogens is 1260 g/mol. The number of amides is 1. The molecule has 99 heavy (non-hydrogen) atoms. The second-order valence-electron chi connectivity index (χ2n) is 29.6. The van der Waals surface area contributed by atoms with E-state index in [1.807, 2.05) is 6.08 Å². The van der Waals surface area contributed by atoms with E-state index in [0.717, 1.165) is 38.5 Å². The van der Waals surface area contributed by atoms with Crippen LogP contribution in [0.15, 0.2) is 24.3 Å². The van der Waals surface area contributed by atoms with Crippen molar-refractivity contribution in [1.82, 2.24) is 5.32 Å². The number of rotatable bonds is 66. The van der Waals surface area contributed by atoms with Gasteiger partial charge in [0.15, 0.2) is 18.9 Å². The molecule has 1 amide bonds. The van der Waals surface area contributed by atoms with Gasteiger partial charge in [0.2, 0.25) is 5.91 Å². The van der Waals surface area contributed by atoms with Crippen LogP contribution in [0.1, 0.15) is 348 Å². The van der Waals surface area contributed by atoms with Crippen LogP contribution in [0.2, 0.25) is 0 Å². The molecule has 0 bridgehead atoms. The number of carbonyl (C=O) groups excluding carboxylic acids is 1. The van der Waals surface area contributed by atoms with E-state index in [1.165, 1.54) is 276 Å². The molecule has 3 saturated heterocycles. The van der Waals surface area contributed by atoms with Gasteiger partial charge >= 0.3 is 0 Å². The van der Waals surface area contributed by atoms with Crippen LogP contribution in [0, 0.1) is 0 Å². The number of unbranched alkanes of at least 4 members (excludes halogenated alkanes) is 48. The third-order valence-corrected chi connectivity index (χ3v) is 20.8. The van der Waals surface area contributed by atoms with Crippen molar-refractivity contribution in [3.63, 3.8) is 0 Å². The predicted octanol–water partition coefficient (Wildman–Crippen LogP) is 13.7. The van der Waals surface area contributed by atoms with Gasteiger partial charge in [-0.2, -0.15) is 0 Å². The van der Waals surface area contributed by atoms with Crippen molar-refractivity contribution in [3.05, 3.63) is 24.3 Å². The van der Waals surface area contributed by atoms with Crippen molar-refractivity contribution < 1.29 is 89.4 Å². The van der Waals surface area contributed by atoms with E-state index in [-0.39, 0.29) is 18.9 Å². The summed E-state index contributed by atoms with van der Waals surface area (Å²) in [6, 6.07) is -0.987. The van der Waals surface area contributed by atoms with Crippen LogP contribution in [0.3, 0.4) is 0 Å². The summed E-state index contributed by atoms with van der Waals surface area (Å²) in [6.45, 7) is 1.74. The second-order valence-corrected chi connectivity index (χ2v) is 29.6. The molecule has 17 unspecified atom stereocenters. The zero-order valence-corrected chi connectivity index (χ0v) is 62.5. The van der Waals surface area contributed by atoms with Gasteiger partial charge in [-0.15, -0.1) is 0 Å². The molecule has 12 N–H and O–H groups in total. The number of hydrogen-bond donors (Lipinski definition) is 12. The zero-order valence-electron chi connectivity index (χ0n) is 62.5. The Kier molecular flexibility index (Phi) is 56.8. The standard InChI is InChI=1S/C80H151NO18/c1-3-5-7-9-11-13-15-17-18-19-20-21-22-23-24-25-26-27-28-29-30-31-32-33-34-35-36-37-38-39-40-41-42-43-44-46-48-50-52-54-56-58-68(86)81-63(64(85)57-55-53-51-49-47-45-16-14-12-10-8-6-4-2)62-94-78-74(92)71(89)76(66(60-83)96-78)99-80-75(93)72(90)77(67(61-84)97-80)98-79-73(91)70(88)69(87)65(59-82)95-79/h47,49,55,57,63-67,69-80,82-85,87-93H,3-46,48,50-54,56,58-62H2,1-2H3,(H,81,86)/b49-47+,57-55+. The van der Waals surface area contributed by atoms with Gasteiger partial charge in [0, 0.05) is 6.42 Å². The van der Waals surface area contributed by atoms with E-state index in [4.69, 9.17) is 28.4 Å². The summed E-state index contributed by atoms with van der Waals surface area (Å²) in [5.74, 6) is -0.279. The van der Waals surface area contributed by atoms with Gasteiger partial charge in [-0.1, -0.05) is 334 Å². The summed E-state index contributed by atoms with van der Waals surface area (Å²) in [6.07, 6.45) is 48.1. The number of ether oxygens (including phenoxy) is 6. The Balaban J connectivity index is 1.26. The van der Waals surface area contributed by atoms with Gasteiger partial charge in [-0.3, -0.25) is 4.79 Å². The molecule has 17 atom stereocenters. The fraction of sp³-hybridized carbons (Fsp3) is 0.938. The average molecular weight is 1420 g/mol. The molecule has 3 heterocycles. The third kappa shape index (κ3) is 41.7. The molecule has 0 aromatic heterocycles. The zero-order chi connectivity index (χ0) is 71.8. The summed E-state index contributed by atoms with van der Waals surface area (Å²) in [7, 11) is 0. The molecule has 3 fully saturated rings. The second kappa shape index (κ2) is 61.4. The maximum atomic E-state index is 13.4. The lowest BCUT2D eigenvalue weighted by molar-refractivity contribution is -0.379. The van der Waals surface area contributed by atoms with Gasteiger partial charge in [0.1, 0.15) is 73.2 Å². The Morgan fingerprint density at radius 2 is 0.646 bits per heavy atom. The van der Waals surface area contributed by atoms with Crippen molar-refractivity contribution in [2.24, 2.45) is 0 Å². The maximum absolute atomic E-state index is 13.4. The van der Waals surface area contributed by atoms with E-state index in [1.54, 1.807) is 6.08 Å². The quantitative estimate of drug-likeness (QED) is 0.0199. The Hall–Kier alpha value is -1.73. The molecule has 0 saturated carbocycles. The molecule has 0 spiro atoms. The number of hydrogen-bond acceptors (Lipinski definition) is 18. The molecule has 0 radical (unpaired) electrons. The van der Waals surface area contributed by atoms with E-state index in [0.29, 0.717) is 12.8 Å². The largest absolute Gasteiger partial charge is 0.394 e. The lowest BCUT2D eigenvalue weighted by atomic mass is 9.96. The summed E-state index contributed by atoms with van der Waals surface area (Å²) < 4.78 is 34.4. The maximum Gasteiger partial charge on any atom is 0.220 e. The van der Waals surface area contributed by atoms with Gasteiger partial charge in [-0.25, -0.2) is 0 Å². The van der Waals surface area contributed by atoms with Crippen molar-refractivity contribution in [3.8, 4) is 0 Å². The highest BCUT2D eigenvalue weighted by atomic mass is 16.8. The number of aliphatic hydroxyl groups excluding tert-OH is 11. The van der Waals surface area contributed by atoms with Gasteiger partial charge < -0.3 is 89.9 Å². The minimum absolute atomic E-state index is 0.241. The molecule has 3 aliphatic rings. The summed E-state index contributed by atoms with van der Waals surface area (Å²) in [4.78, 5) is 13.4. The molecule has 19 nitrogen and oxygen atoms in total. The fourth-order valence-corrected chi connectivity index (χ4v) is 14.2. The number of carbonyl (C=O) groups is 1. The van der Waals surface area contributed by atoms with E-state index < -0.39 is 124 Å². The molecule has 584 valence electrons. The minimum Gasteiger partial charge on any atom is -0.394 e. The van der Waals surface area contributed by atoms with Gasteiger partial charge in [0.25, 0.3) is 0 Å². The van der Waals surface area contributed by atoms with Crippen molar-refractivity contribution in [2.75, 3.05) is 26.4 Å². The fourth-order valence-electron chi connectivity index (χ4n) is 14.2. The van der Waals surface area contributed by atoms with Gasteiger partial charge in [0.05, 0.1) is 38.6 Å². The highest BCUT2D eigenvalue weighted by molar-refractivity contribution is 5.76. The molecule has 3 aliphatic heterocycles. The lowest BCUT2D eigenvalue weighted by Crippen LogP contribution is -2.66. The Morgan fingerprint density at radius 3 is 1.01 bits per heavy atom. The summed E-state index contributed by atoms with van der Waals surface area (Å²) in [5, 5.41) is 121. The van der Waals surface area contributed by atoms with Crippen LogP contribution < -0.4 is 5.32 Å². The van der Waals surface area contributed by atoms with Crippen molar-refractivity contribution >= 4 is 5.91 Å². The SMILES string of the molecule is CCCCCCCCC/C=C/CC/C=C/C(O)C(COC1OC(CO)C(OC2OC(CO)C(OC3OC(CO)C(O)C(O)C3O)C(O)C2O)C(O)C1O)NC(=O)CCCCCCCCCCCCCCCCCCCCCCCCCCCCCCCCCCCCCCCCCCC. The van der Waals surface area contributed by atoms with Crippen LogP contribution in [0.4, 0.5) is 0 Å². The number of nitrogens with one attached hydrogen (secondary N) is 1. The first-order chi connectivity index (χ1) is 48.3. The molecule has 0 aliphatic carbocycles. The smallest absolute Gasteiger partial charge is 0.220 e. The molecular formula is C80H151NO18. The molecule has 19 heteroatoms. The first-order valence-electron chi connectivity index (χ1n) is 41.1. The van der Waals surface area contributed by atoms with Crippen molar-refractivity contribution in [1.29, 1.82) is 0 Å². The molecule has 0 aromatic rings. The Morgan fingerprint density at radius 1 is 0.354 bits per heavy atom. The lowest BCUT2D eigenvalue weighted by Gasteiger charge is -2.48. The highest BCUT2D eigenvalue weighted by Crippen LogP contribution is 2.33. The monoisotopic (exact) mass is 1410 g/mol. The first-order valence-corrected chi connectivity index (χ1v) is 41.1. The van der Waals surface area contributed by atoms with Crippen LogP contribution in [0.25, 0.3) is 0 Å². The van der Waals surface area contributed by atoms with Crippen LogP contribution >= 0.6 is 0 Å². The summed E-state index contributed by atoms with van der Waals surface area (Å²) in [5.41, 5.74) is 0.